The minimum atomic E-state index is -0.514. The van der Waals surface area contributed by atoms with Crippen LogP contribution in [0.4, 0.5) is 4.79 Å². The first-order chi connectivity index (χ1) is 10.4. The molecule has 0 spiro atoms. The largest absolute Gasteiger partial charge is 0.443 e. The highest BCUT2D eigenvalue weighted by Crippen LogP contribution is 2.28. The lowest BCUT2D eigenvalue weighted by Gasteiger charge is -2.23. The van der Waals surface area contributed by atoms with Gasteiger partial charge in [0.05, 0.1) is 5.52 Å². The fourth-order valence-electron chi connectivity index (χ4n) is 2.66. The van der Waals surface area contributed by atoms with Gasteiger partial charge in [-0.25, -0.2) is 4.79 Å². The van der Waals surface area contributed by atoms with Crippen molar-refractivity contribution in [2.24, 2.45) is 0 Å². The van der Waals surface area contributed by atoms with Gasteiger partial charge in [0.25, 0.3) is 5.91 Å². The summed E-state index contributed by atoms with van der Waals surface area (Å²) < 4.78 is 7.10. The third-order valence-electron chi connectivity index (χ3n) is 4.24. The van der Waals surface area contributed by atoms with Crippen molar-refractivity contribution in [1.29, 1.82) is 0 Å². The SMILES string of the molecule is CCC(C)(C)OC(=O)n1cc2c3c(cccc31)C(=O)NCC2. The van der Waals surface area contributed by atoms with Gasteiger partial charge in [-0.3, -0.25) is 9.36 Å². The number of nitrogens with zero attached hydrogens (tertiary/aromatic N) is 1. The number of aromatic nitrogens is 1. The maximum absolute atomic E-state index is 12.5. The molecule has 5 nitrogen and oxygen atoms in total. The highest BCUT2D eigenvalue weighted by atomic mass is 16.6. The van der Waals surface area contributed by atoms with Gasteiger partial charge in [0, 0.05) is 23.7 Å². The minimum absolute atomic E-state index is 0.0932. The number of hydrogen-bond acceptors (Lipinski definition) is 3. The monoisotopic (exact) mass is 300 g/mol. The molecule has 0 saturated carbocycles. The topological polar surface area (TPSA) is 60.3 Å². The van der Waals surface area contributed by atoms with E-state index in [2.05, 4.69) is 5.32 Å². The molecule has 1 aliphatic heterocycles. The van der Waals surface area contributed by atoms with Gasteiger partial charge in [0.15, 0.2) is 0 Å². The van der Waals surface area contributed by atoms with E-state index in [-0.39, 0.29) is 5.91 Å². The van der Waals surface area contributed by atoms with Crippen LogP contribution in [0.3, 0.4) is 0 Å². The number of carbonyl (C=O) groups is 2. The molecule has 1 aliphatic rings. The molecule has 1 N–H and O–H groups in total. The zero-order valence-corrected chi connectivity index (χ0v) is 13.1. The number of carbonyl (C=O) groups excluding carboxylic acids is 2. The van der Waals surface area contributed by atoms with Crippen molar-refractivity contribution < 1.29 is 14.3 Å². The summed E-state index contributed by atoms with van der Waals surface area (Å²) in [5, 5.41) is 3.72. The van der Waals surface area contributed by atoms with Gasteiger partial charge in [-0.1, -0.05) is 13.0 Å². The first-order valence-electron chi connectivity index (χ1n) is 7.57. The summed E-state index contributed by atoms with van der Waals surface area (Å²) in [6.07, 6.45) is 2.83. The van der Waals surface area contributed by atoms with Crippen LogP contribution in [0, 0.1) is 0 Å². The fraction of sp³-hybridized carbons (Fsp3) is 0.412. The van der Waals surface area contributed by atoms with Crippen molar-refractivity contribution in [2.45, 2.75) is 39.2 Å². The van der Waals surface area contributed by atoms with E-state index >= 15 is 0 Å². The van der Waals surface area contributed by atoms with Crippen molar-refractivity contribution in [3.63, 3.8) is 0 Å². The smallest absolute Gasteiger partial charge is 0.419 e. The van der Waals surface area contributed by atoms with Crippen LogP contribution in [-0.2, 0) is 11.2 Å². The van der Waals surface area contributed by atoms with Gasteiger partial charge < -0.3 is 10.1 Å². The molecule has 2 aromatic rings. The number of amides is 1. The quantitative estimate of drug-likeness (QED) is 0.927. The van der Waals surface area contributed by atoms with E-state index in [0.29, 0.717) is 18.5 Å². The van der Waals surface area contributed by atoms with Crippen LogP contribution in [0.2, 0.25) is 0 Å². The second kappa shape index (κ2) is 5.16. The van der Waals surface area contributed by atoms with E-state index in [1.54, 1.807) is 18.3 Å². The van der Waals surface area contributed by atoms with Gasteiger partial charge in [-0.2, -0.15) is 0 Å². The third-order valence-corrected chi connectivity index (χ3v) is 4.24. The number of nitrogens with one attached hydrogen (secondary N) is 1. The summed E-state index contributed by atoms with van der Waals surface area (Å²) in [6, 6.07) is 5.43. The molecule has 2 heterocycles. The van der Waals surface area contributed by atoms with E-state index in [1.807, 2.05) is 26.8 Å². The predicted molar refractivity (Wildman–Crippen MR) is 84.2 cm³/mol. The molecule has 5 heteroatoms. The van der Waals surface area contributed by atoms with Gasteiger partial charge in [-0.05, 0) is 44.4 Å². The average Bonchev–Trinajstić information content (AvgIpc) is 2.77. The van der Waals surface area contributed by atoms with Crippen molar-refractivity contribution >= 4 is 22.9 Å². The average molecular weight is 300 g/mol. The molecule has 0 radical (unpaired) electrons. The summed E-state index contributed by atoms with van der Waals surface area (Å²) >= 11 is 0. The molecule has 0 aliphatic carbocycles. The Balaban J connectivity index is 2.11. The van der Waals surface area contributed by atoms with E-state index in [1.165, 1.54) is 4.57 Å². The Labute approximate surface area is 129 Å². The van der Waals surface area contributed by atoms with Gasteiger partial charge in [0.1, 0.15) is 5.60 Å². The lowest BCUT2D eigenvalue weighted by atomic mass is 10.1. The molecule has 1 amide bonds. The standard InChI is InChI=1S/C17H20N2O3/c1-4-17(2,3)22-16(21)19-10-11-8-9-18-15(20)12-6-5-7-13(19)14(11)12/h5-7,10H,4,8-9H2,1-3H3,(H,18,20). The Hall–Kier alpha value is -2.30. The second-order valence-electron chi connectivity index (χ2n) is 6.21. The van der Waals surface area contributed by atoms with Crippen molar-refractivity contribution in [3.8, 4) is 0 Å². The summed E-state index contributed by atoms with van der Waals surface area (Å²) in [7, 11) is 0. The molecular formula is C17H20N2O3. The molecule has 0 fully saturated rings. The normalized spacial score (nSPS) is 14.6. The molecule has 1 aromatic carbocycles. The summed E-state index contributed by atoms with van der Waals surface area (Å²) in [5.41, 5.74) is 1.82. The predicted octanol–water partition coefficient (Wildman–Crippen LogP) is 3.10. The van der Waals surface area contributed by atoms with E-state index in [0.717, 1.165) is 22.9 Å². The lowest BCUT2D eigenvalue weighted by Crippen LogP contribution is -2.29. The first kappa shape index (κ1) is 14.6. The zero-order valence-electron chi connectivity index (χ0n) is 13.1. The van der Waals surface area contributed by atoms with Crippen LogP contribution in [0.5, 0.6) is 0 Å². The van der Waals surface area contributed by atoms with Crippen molar-refractivity contribution in [2.75, 3.05) is 6.54 Å². The molecule has 0 bridgehead atoms. The maximum atomic E-state index is 12.5. The summed E-state index contributed by atoms with van der Waals surface area (Å²) in [5.74, 6) is -0.0932. The van der Waals surface area contributed by atoms with E-state index in [4.69, 9.17) is 4.74 Å². The number of rotatable bonds is 2. The van der Waals surface area contributed by atoms with Crippen molar-refractivity contribution in [1.82, 2.24) is 9.88 Å². The Morgan fingerprint density at radius 3 is 2.91 bits per heavy atom. The van der Waals surface area contributed by atoms with E-state index in [9.17, 15) is 9.59 Å². The third kappa shape index (κ3) is 2.36. The van der Waals surface area contributed by atoms with E-state index < -0.39 is 11.7 Å². The molecule has 1 aromatic heterocycles. The Morgan fingerprint density at radius 2 is 2.18 bits per heavy atom. The second-order valence-corrected chi connectivity index (χ2v) is 6.21. The van der Waals surface area contributed by atoms with Gasteiger partial charge >= 0.3 is 6.09 Å². The van der Waals surface area contributed by atoms with Crippen LogP contribution >= 0.6 is 0 Å². The van der Waals surface area contributed by atoms with Crippen LogP contribution in [0.15, 0.2) is 24.4 Å². The van der Waals surface area contributed by atoms with Gasteiger partial charge in [0.2, 0.25) is 0 Å². The summed E-state index contributed by atoms with van der Waals surface area (Å²) in [6.45, 7) is 6.33. The maximum Gasteiger partial charge on any atom is 0.419 e. The number of ether oxygens (including phenoxy) is 1. The molecule has 0 saturated heterocycles. The van der Waals surface area contributed by atoms with Gasteiger partial charge in [-0.15, -0.1) is 0 Å². The van der Waals surface area contributed by atoms with Crippen molar-refractivity contribution in [3.05, 3.63) is 35.5 Å². The molecular weight excluding hydrogens is 280 g/mol. The number of benzene rings is 1. The first-order valence-corrected chi connectivity index (χ1v) is 7.57. The highest BCUT2D eigenvalue weighted by Gasteiger charge is 2.25. The Morgan fingerprint density at radius 1 is 1.41 bits per heavy atom. The summed E-state index contributed by atoms with van der Waals surface area (Å²) in [4.78, 5) is 24.6. The fourth-order valence-corrected chi connectivity index (χ4v) is 2.66. The highest BCUT2D eigenvalue weighted by molar-refractivity contribution is 6.09. The van der Waals surface area contributed by atoms with Crippen LogP contribution in [0.1, 0.15) is 43.1 Å². The Bertz CT molecular complexity index is 759. The molecule has 0 unspecified atom stereocenters. The molecule has 22 heavy (non-hydrogen) atoms. The molecule has 3 rings (SSSR count). The number of hydrogen-bond donors (Lipinski definition) is 1. The lowest BCUT2D eigenvalue weighted by molar-refractivity contribution is 0.0378. The molecule has 116 valence electrons. The minimum Gasteiger partial charge on any atom is -0.443 e. The molecule has 0 atom stereocenters. The van der Waals surface area contributed by atoms with Crippen LogP contribution in [-0.4, -0.2) is 28.7 Å². The zero-order chi connectivity index (χ0) is 15.9. The van der Waals surface area contributed by atoms with Crippen LogP contribution < -0.4 is 5.32 Å². The Kier molecular flexibility index (Phi) is 3.43. The van der Waals surface area contributed by atoms with Crippen LogP contribution in [0.25, 0.3) is 10.9 Å².